The van der Waals surface area contributed by atoms with Crippen LogP contribution < -0.4 is 9.80 Å². The summed E-state index contributed by atoms with van der Waals surface area (Å²) in [5, 5.41) is 9.19. The Morgan fingerprint density at radius 2 is 1.90 bits per heavy atom. The fraction of sp³-hybridized carbons (Fsp3) is 0.438. The lowest BCUT2D eigenvalue weighted by Gasteiger charge is -2.34. The SMILES string of the molecule is CCC/C=C(/C=C(/c1ccc(C#N)c(F)c1)N(C)c1ccc(N2CCC(OCCCON(S)OC)CC2)cc1)C(C)=O. The third-order valence-corrected chi connectivity index (χ3v) is 7.42. The van der Waals surface area contributed by atoms with Crippen LogP contribution in [0.4, 0.5) is 15.8 Å². The van der Waals surface area contributed by atoms with Crippen LogP contribution in [0.25, 0.3) is 5.70 Å². The molecule has 0 amide bonds. The molecule has 1 fully saturated rings. The number of allylic oxidation sites excluding steroid dienone is 3. The zero-order chi connectivity index (χ0) is 30.5. The molecular formula is C32H41FN4O4S. The molecule has 1 aliphatic heterocycles. The number of rotatable bonds is 15. The molecule has 0 aliphatic carbocycles. The number of nitriles is 1. The monoisotopic (exact) mass is 596 g/mol. The first kappa shape index (κ1) is 33.3. The quantitative estimate of drug-likeness (QED) is 0.0820. The lowest BCUT2D eigenvalue weighted by Crippen LogP contribution is -2.37. The Bertz CT molecular complexity index is 1270. The number of piperidine rings is 1. The fourth-order valence-corrected chi connectivity index (χ4v) is 4.78. The number of carbonyl (C=O) groups excluding carboxylic acids is 1. The van der Waals surface area contributed by atoms with Gasteiger partial charge in [0.05, 0.1) is 25.4 Å². The maximum Gasteiger partial charge on any atom is 0.159 e. The van der Waals surface area contributed by atoms with Crippen molar-refractivity contribution in [2.45, 2.75) is 52.1 Å². The Balaban J connectivity index is 1.70. The second-order valence-corrected chi connectivity index (χ2v) is 10.4. The summed E-state index contributed by atoms with van der Waals surface area (Å²) in [6.07, 6.45) is 8.24. The van der Waals surface area contributed by atoms with Gasteiger partial charge in [-0.3, -0.25) is 14.5 Å². The molecule has 42 heavy (non-hydrogen) atoms. The molecule has 3 rings (SSSR count). The molecule has 0 aromatic heterocycles. The fourth-order valence-electron chi connectivity index (χ4n) is 4.70. The zero-order valence-electron chi connectivity index (χ0n) is 24.9. The van der Waals surface area contributed by atoms with E-state index in [0.717, 1.165) is 61.2 Å². The van der Waals surface area contributed by atoms with Crippen molar-refractivity contribution in [1.29, 1.82) is 5.26 Å². The molecule has 1 saturated heterocycles. The maximum absolute atomic E-state index is 14.6. The first-order valence-electron chi connectivity index (χ1n) is 14.3. The van der Waals surface area contributed by atoms with Crippen LogP contribution in [-0.2, 0) is 19.2 Å². The minimum atomic E-state index is -0.595. The molecule has 1 aliphatic rings. The zero-order valence-corrected chi connectivity index (χ0v) is 25.8. The van der Waals surface area contributed by atoms with Crippen LogP contribution in [0.5, 0.6) is 0 Å². The summed E-state index contributed by atoms with van der Waals surface area (Å²) in [7, 11) is 3.38. The average molecular weight is 597 g/mol. The van der Waals surface area contributed by atoms with Crippen molar-refractivity contribution in [2.75, 3.05) is 50.3 Å². The number of ketones is 1. The van der Waals surface area contributed by atoms with Crippen LogP contribution in [0.1, 0.15) is 57.1 Å². The maximum atomic E-state index is 14.6. The van der Waals surface area contributed by atoms with Crippen LogP contribution in [0.15, 0.2) is 60.2 Å². The molecule has 2 aromatic rings. The summed E-state index contributed by atoms with van der Waals surface area (Å²) in [4.78, 5) is 26.7. The van der Waals surface area contributed by atoms with Crippen molar-refractivity contribution in [2.24, 2.45) is 0 Å². The number of unbranched alkanes of at least 4 members (excludes halogenated alkanes) is 1. The number of carbonyl (C=O) groups is 1. The predicted molar refractivity (Wildman–Crippen MR) is 167 cm³/mol. The van der Waals surface area contributed by atoms with Crippen LogP contribution in [0.3, 0.4) is 0 Å². The van der Waals surface area contributed by atoms with Gasteiger partial charge in [0.2, 0.25) is 0 Å². The summed E-state index contributed by atoms with van der Waals surface area (Å²) in [6.45, 7) is 6.46. The molecule has 0 atom stereocenters. The van der Waals surface area contributed by atoms with Crippen molar-refractivity contribution in [3.8, 4) is 6.07 Å². The Morgan fingerprint density at radius 3 is 2.50 bits per heavy atom. The van der Waals surface area contributed by atoms with Crippen LogP contribution >= 0.6 is 12.8 Å². The second kappa shape index (κ2) is 17.0. The highest BCUT2D eigenvalue weighted by Crippen LogP contribution is 2.30. The highest BCUT2D eigenvalue weighted by Gasteiger charge is 2.21. The largest absolute Gasteiger partial charge is 0.378 e. The van der Waals surface area contributed by atoms with Gasteiger partial charge in [-0.2, -0.15) is 5.26 Å². The number of hydrogen-bond acceptors (Lipinski definition) is 9. The molecule has 8 nitrogen and oxygen atoms in total. The summed E-state index contributed by atoms with van der Waals surface area (Å²) in [6, 6.07) is 14.6. The van der Waals surface area contributed by atoms with E-state index in [4.69, 9.17) is 14.4 Å². The Hall–Kier alpha value is -3.20. The molecular weight excluding hydrogens is 555 g/mol. The van der Waals surface area contributed by atoms with Crippen LogP contribution in [0.2, 0.25) is 0 Å². The van der Waals surface area contributed by atoms with Crippen LogP contribution in [-0.4, -0.2) is 57.0 Å². The highest BCUT2D eigenvalue weighted by atomic mass is 32.1. The lowest BCUT2D eigenvalue weighted by atomic mass is 10.0. The van der Waals surface area contributed by atoms with Gasteiger partial charge in [0.15, 0.2) is 5.78 Å². The Labute approximate surface area is 254 Å². The van der Waals surface area contributed by atoms with Gasteiger partial charge in [-0.1, -0.05) is 25.5 Å². The number of benzene rings is 2. The van der Waals surface area contributed by atoms with Crippen molar-refractivity contribution < 1.29 is 23.6 Å². The van der Waals surface area contributed by atoms with Gasteiger partial charge in [-0.05, 0) is 92.5 Å². The second-order valence-electron chi connectivity index (χ2n) is 10.1. The molecule has 226 valence electrons. The standard InChI is InChI=1S/C32H41FN4O4S/c1-5-6-8-25(24(2)38)22-32(26-9-10-27(23-34)31(33)21-26)35(3)28-11-13-29(14-12-28)36-17-15-30(16-18-36)40-19-7-20-41-37(42)39-4/h8-14,21-22,30,42H,5-7,15-20H2,1-4H3/b25-8-,32-22-. The summed E-state index contributed by atoms with van der Waals surface area (Å²) in [5.41, 5.74) is 3.80. The van der Waals surface area contributed by atoms with E-state index < -0.39 is 5.82 Å². The van der Waals surface area contributed by atoms with Gasteiger partial charge in [0.1, 0.15) is 11.9 Å². The Morgan fingerprint density at radius 1 is 1.19 bits per heavy atom. The number of anilines is 2. The van der Waals surface area contributed by atoms with Crippen LogP contribution in [0, 0.1) is 17.1 Å². The number of halogens is 1. The number of nitrogens with zero attached hydrogens (tertiary/aromatic N) is 4. The molecule has 0 saturated carbocycles. The van der Waals surface area contributed by atoms with E-state index in [2.05, 4.69) is 36.8 Å². The van der Waals surface area contributed by atoms with E-state index in [1.807, 2.05) is 36.2 Å². The smallest absolute Gasteiger partial charge is 0.159 e. The number of Topliss-reactive ketones (excluding diaryl/α,β-unsaturated/α-hetero) is 1. The van der Waals surface area contributed by atoms with Gasteiger partial charge in [0, 0.05) is 55.0 Å². The summed E-state index contributed by atoms with van der Waals surface area (Å²) < 4.78 is 21.7. The first-order chi connectivity index (χ1) is 20.3. The third kappa shape index (κ3) is 9.68. The minimum Gasteiger partial charge on any atom is -0.378 e. The number of hydrogen-bond donors (Lipinski definition) is 1. The van der Waals surface area contributed by atoms with Gasteiger partial charge in [-0.25, -0.2) is 4.39 Å². The molecule has 1 heterocycles. The third-order valence-electron chi connectivity index (χ3n) is 7.14. The van der Waals surface area contributed by atoms with E-state index in [0.29, 0.717) is 30.0 Å². The molecule has 0 radical (unpaired) electrons. The van der Waals surface area contributed by atoms with E-state index in [9.17, 15) is 14.4 Å². The molecule has 2 aromatic carbocycles. The first-order valence-corrected chi connectivity index (χ1v) is 14.7. The molecule has 0 unspecified atom stereocenters. The molecule has 10 heteroatoms. The van der Waals surface area contributed by atoms with E-state index >= 15 is 0 Å². The van der Waals surface area contributed by atoms with Crippen molar-refractivity contribution in [3.63, 3.8) is 0 Å². The number of ether oxygens (including phenoxy) is 1. The predicted octanol–water partition coefficient (Wildman–Crippen LogP) is 6.51. The minimum absolute atomic E-state index is 0.0199. The highest BCUT2D eigenvalue weighted by molar-refractivity contribution is 7.77. The van der Waals surface area contributed by atoms with Crippen molar-refractivity contribution in [3.05, 3.63) is 77.1 Å². The van der Waals surface area contributed by atoms with Crippen molar-refractivity contribution in [1.82, 2.24) is 4.63 Å². The topological polar surface area (TPSA) is 78.3 Å². The number of thiol groups is 1. The van der Waals surface area contributed by atoms with E-state index in [-0.39, 0.29) is 17.5 Å². The normalized spacial score (nSPS) is 14.8. The molecule has 0 N–H and O–H groups in total. The molecule has 0 bridgehead atoms. The summed E-state index contributed by atoms with van der Waals surface area (Å²) >= 11 is 3.96. The molecule has 0 spiro atoms. The van der Waals surface area contributed by atoms with Gasteiger partial charge in [0.25, 0.3) is 0 Å². The van der Waals surface area contributed by atoms with E-state index in [1.54, 1.807) is 12.1 Å². The van der Waals surface area contributed by atoms with E-state index in [1.165, 1.54) is 26.2 Å². The summed E-state index contributed by atoms with van der Waals surface area (Å²) in [5.74, 6) is -0.655. The Kier molecular flexibility index (Phi) is 13.5. The lowest BCUT2D eigenvalue weighted by molar-refractivity contribution is -0.278. The van der Waals surface area contributed by atoms with Gasteiger partial charge in [-0.15, -0.1) is 0 Å². The average Bonchev–Trinajstić information content (AvgIpc) is 3.00. The van der Waals surface area contributed by atoms with Crippen molar-refractivity contribution >= 4 is 35.7 Å². The van der Waals surface area contributed by atoms with Gasteiger partial charge >= 0.3 is 0 Å². The van der Waals surface area contributed by atoms with Gasteiger partial charge < -0.3 is 14.5 Å².